The summed E-state index contributed by atoms with van der Waals surface area (Å²) in [5.74, 6) is 0. The molecule has 0 atom stereocenters. The van der Waals surface area contributed by atoms with Crippen molar-refractivity contribution >= 4 is 16.1 Å². The fourth-order valence-corrected chi connectivity index (χ4v) is 13.8. The highest BCUT2D eigenvalue weighted by molar-refractivity contribution is 6.96. The standard InChI is InChI=1S/C11H24Si2/c1-8-9-10-11(12(2,3)4)13(5,6)7/h8-11H,1H2,2-7H3. The van der Waals surface area contributed by atoms with E-state index >= 15 is 0 Å². The first-order valence-electron chi connectivity index (χ1n) is 4.99. The summed E-state index contributed by atoms with van der Waals surface area (Å²) >= 11 is 0. The first-order chi connectivity index (χ1) is 5.69. The van der Waals surface area contributed by atoms with Crippen LogP contribution in [-0.2, 0) is 0 Å². The van der Waals surface area contributed by atoms with Gasteiger partial charge in [-0.05, 0) is 5.16 Å². The quantitative estimate of drug-likeness (QED) is 0.481. The molecule has 0 aromatic carbocycles. The van der Waals surface area contributed by atoms with Crippen molar-refractivity contribution in [2.24, 2.45) is 0 Å². The summed E-state index contributed by atoms with van der Waals surface area (Å²) < 4.78 is 0. The molecule has 0 saturated heterocycles. The maximum Gasteiger partial charge on any atom is 0.0485 e. The van der Waals surface area contributed by atoms with E-state index in [-0.39, 0.29) is 0 Å². The molecule has 0 aliphatic carbocycles. The zero-order valence-corrected chi connectivity index (χ0v) is 12.0. The smallest absolute Gasteiger partial charge is 0.0485 e. The zero-order valence-electron chi connectivity index (χ0n) is 10.0. The van der Waals surface area contributed by atoms with Gasteiger partial charge in [-0.2, -0.15) is 0 Å². The number of hydrogen-bond donors (Lipinski definition) is 0. The molecule has 0 aliphatic heterocycles. The molecule has 0 fully saturated rings. The van der Waals surface area contributed by atoms with E-state index in [2.05, 4.69) is 58.0 Å². The average Bonchev–Trinajstić information content (AvgIpc) is 1.81. The second kappa shape index (κ2) is 4.42. The first-order valence-corrected chi connectivity index (χ1v) is 12.1. The van der Waals surface area contributed by atoms with E-state index in [0.717, 1.165) is 5.16 Å². The Morgan fingerprint density at radius 1 is 0.923 bits per heavy atom. The lowest BCUT2D eigenvalue weighted by Crippen LogP contribution is -2.42. The van der Waals surface area contributed by atoms with Gasteiger partial charge in [0.2, 0.25) is 0 Å². The van der Waals surface area contributed by atoms with Crippen LogP contribution in [0.2, 0.25) is 44.4 Å². The van der Waals surface area contributed by atoms with Crippen molar-refractivity contribution in [3.63, 3.8) is 0 Å². The molecule has 0 radical (unpaired) electrons. The Hall–Kier alpha value is -0.0862. The van der Waals surface area contributed by atoms with Gasteiger partial charge >= 0.3 is 0 Å². The normalized spacial score (nSPS) is 14.1. The molecular formula is C11H24Si2. The first kappa shape index (κ1) is 12.9. The molecule has 0 aromatic heterocycles. The molecule has 0 unspecified atom stereocenters. The fraction of sp³-hybridized carbons (Fsp3) is 0.636. The fourth-order valence-electron chi connectivity index (χ4n) is 2.07. The molecule has 0 heterocycles. The molecule has 2 heteroatoms. The van der Waals surface area contributed by atoms with Crippen LogP contribution in [0.25, 0.3) is 0 Å². The van der Waals surface area contributed by atoms with E-state index in [9.17, 15) is 0 Å². The van der Waals surface area contributed by atoms with Crippen LogP contribution in [0.4, 0.5) is 0 Å². The molecule has 0 saturated carbocycles. The van der Waals surface area contributed by atoms with Crippen molar-refractivity contribution in [3.05, 3.63) is 24.8 Å². The van der Waals surface area contributed by atoms with Crippen molar-refractivity contribution in [3.8, 4) is 0 Å². The van der Waals surface area contributed by atoms with Crippen LogP contribution in [0.5, 0.6) is 0 Å². The van der Waals surface area contributed by atoms with Gasteiger partial charge < -0.3 is 0 Å². The van der Waals surface area contributed by atoms with Crippen LogP contribution >= 0.6 is 0 Å². The summed E-state index contributed by atoms with van der Waals surface area (Å²) in [7, 11) is -2.06. The van der Waals surface area contributed by atoms with E-state index in [4.69, 9.17) is 0 Å². The molecule has 0 spiro atoms. The predicted molar refractivity (Wildman–Crippen MR) is 69.8 cm³/mol. The third-order valence-electron chi connectivity index (χ3n) is 2.31. The molecule has 0 aromatic rings. The van der Waals surface area contributed by atoms with Crippen LogP contribution in [0.1, 0.15) is 0 Å². The summed E-state index contributed by atoms with van der Waals surface area (Å²) in [4.78, 5) is 0. The lowest BCUT2D eigenvalue weighted by atomic mass is 10.5. The minimum atomic E-state index is -1.03. The maximum absolute atomic E-state index is 3.74. The molecule has 0 nitrogen and oxygen atoms in total. The molecule has 0 N–H and O–H groups in total. The molecule has 76 valence electrons. The second-order valence-electron chi connectivity index (χ2n) is 5.83. The zero-order chi connectivity index (χ0) is 10.7. The predicted octanol–water partition coefficient (Wildman–Crippen LogP) is 4.31. The van der Waals surface area contributed by atoms with Gasteiger partial charge in [-0.25, -0.2) is 0 Å². The number of rotatable bonds is 4. The van der Waals surface area contributed by atoms with Gasteiger partial charge in [-0.1, -0.05) is 64.1 Å². The minimum Gasteiger partial charge on any atom is -0.0991 e. The van der Waals surface area contributed by atoms with Crippen LogP contribution < -0.4 is 0 Å². The Balaban J connectivity index is 4.77. The molecule has 0 aliphatic rings. The summed E-state index contributed by atoms with van der Waals surface area (Å²) in [5, 5.41) is 0.859. The Labute approximate surface area is 85.8 Å². The largest absolute Gasteiger partial charge is 0.0991 e. The highest BCUT2D eigenvalue weighted by Gasteiger charge is 2.35. The van der Waals surface area contributed by atoms with Crippen molar-refractivity contribution in [2.45, 2.75) is 44.4 Å². The lowest BCUT2D eigenvalue weighted by molar-refractivity contribution is 1.30. The van der Waals surface area contributed by atoms with Gasteiger partial charge in [0.15, 0.2) is 0 Å². The Morgan fingerprint density at radius 3 is 1.54 bits per heavy atom. The van der Waals surface area contributed by atoms with Gasteiger partial charge in [0.1, 0.15) is 0 Å². The summed E-state index contributed by atoms with van der Waals surface area (Å²) in [6, 6.07) is 0. The lowest BCUT2D eigenvalue weighted by Gasteiger charge is -2.36. The van der Waals surface area contributed by atoms with Gasteiger partial charge in [0.05, 0.1) is 0 Å². The van der Waals surface area contributed by atoms with Crippen LogP contribution in [0.3, 0.4) is 0 Å². The molecule has 0 amide bonds. The van der Waals surface area contributed by atoms with E-state index in [1.165, 1.54) is 0 Å². The van der Waals surface area contributed by atoms with Crippen LogP contribution in [0, 0.1) is 0 Å². The number of hydrogen-bond acceptors (Lipinski definition) is 0. The molecule has 0 bridgehead atoms. The van der Waals surface area contributed by atoms with Gasteiger partial charge in [-0.15, -0.1) is 0 Å². The summed E-state index contributed by atoms with van der Waals surface area (Å²) in [6.07, 6.45) is 6.42. The van der Waals surface area contributed by atoms with Gasteiger partial charge in [0, 0.05) is 16.1 Å². The highest BCUT2D eigenvalue weighted by Crippen LogP contribution is 2.33. The van der Waals surface area contributed by atoms with Crippen molar-refractivity contribution in [1.29, 1.82) is 0 Å². The van der Waals surface area contributed by atoms with E-state index in [1.807, 2.05) is 6.08 Å². The average molecular weight is 212 g/mol. The van der Waals surface area contributed by atoms with Crippen molar-refractivity contribution in [2.75, 3.05) is 0 Å². The molecule has 13 heavy (non-hydrogen) atoms. The topological polar surface area (TPSA) is 0 Å². The third kappa shape index (κ3) is 4.62. The summed E-state index contributed by atoms with van der Waals surface area (Å²) in [5.41, 5.74) is 0. The molecular weight excluding hydrogens is 188 g/mol. The van der Waals surface area contributed by atoms with Gasteiger partial charge in [0.25, 0.3) is 0 Å². The Bertz CT molecular complexity index is 177. The van der Waals surface area contributed by atoms with Gasteiger partial charge in [-0.3, -0.25) is 0 Å². The SMILES string of the molecule is C=CC=CC([Si](C)(C)C)[Si](C)(C)C. The molecule has 0 rings (SSSR count). The van der Waals surface area contributed by atoms with Crippen LogP contribution in [-0.4, -0.2) is 16.1 Å². The second-order valence-corrected chi connectivity index (χ2v) is 17.1. The van der Waals surface area contributed by atoms with E-state index in [1.54, 1.807) is 0 Å². The monoisotopic (exact) mass is 212 g/mol. The minimum absolute atomic E-state index is 0.859. The maximum atomic E-state index is 3.74. The van der Waals surface area contributed by atoms with Crippen molar-refractivity contribution < 1.29 is 0 Å². The number of allylic oxidation sites excluding steroid dienone is 3. The Kier molecular flexibility index (Phi) is 4.39. The van der Waals surface area contributed by atoms with E-state index < -0.39 is 16.1 Å². The third-order valence-corrected chi connectivity index (χ3v) is 11.6. The Morgan fingerprint density at radius 2 is 1.31 bits per heavy atom. The van der Waals surface area contributed by atoms with Crippen molar-refractivity contribution in [1.82, 2.24) is 0 Å². The van der Waals surface area contributed by atoms with Crippen LogP contribution in [0.15, 0.2) is 24.8 Å². The highest BCUT2D eigenvalue weighted by atomic mass is 28.4. The van der Waals surface area contributed by atoms with E-state index in [0.29, 0.717) is 0 Å². The summed E-state index contributed by atoms with van der Waals surface area (Å²) in [6.45, 7) is 18.5.